The van der Waals surface area contributed by atoms with Gasteiger partial charge in [0, 0.05) is 30.2 Å². The molecule has 0 aliphatic carbocycles. The Hall–Kier alpha value is -3.79. The molecule has 2 aromatic heterocycles. The minimum Gasteiger partial charge on any atom is -0.493 e. The highest BCUT2D eigenvalue weighted by atomic mass is 32.2. The standard InChI is InChI=1S/C22H21N5O4S/c1-30-17-10-6-7-15(19(17)31-2)13-23-18(28)14-32-22-25-24-20-21(29)26(11-12-27(20)22)16-8-4-3-5-9-16/h3-12H,13-14H2,1-2H3,(H,23,28). The van der Waals surface area contributed by atoms with Crippen LogP contribution in [0.15, 0.2) is 70.9 Å². The van der Waals surface area contributed by atoms with Crippen molar-refractivity contribution >= 4 is 23.3 Å². The SMILES string of the molecule is COc1cccc(CNC(=O)CSc2nnc3c(=O)n(-c4ccccc4)ccn23)c1OC. The molecule has 164 valence electrons. The van der Waals surface area contributed by atoms with Gasteiger partial charge in [0.05, 0.1) is 20.0 Å². The summed E-state index contributed by atoms with van der Waals surface area (Å²) in [6.07, 6.45) is 3.37. The number of ether oxygens (including phenoxy) is 2. The lowest BCUT2D eigenvalue weighted by Gasteiger charge is -2.13. The highest BCUT2D eigenvalue weighted by Gasteiger charge is 2.14. The first-order valence-corrected chi connectivity index (χ1v) is 10.7. The predicted octanol–water partition coefficient (Wildman–Crippen LogP) is 2.31. The number of rotatable bonds is 8. The van der Waals surface area contributed by atoms with E-state index >= 15 is 0 Å². The van der Waals surface area contributed by atoms with Crippen molar-refractivity contribution in [2.75, 3.05) is 20.0 Å². The van der Waals surface area contributed by atoms with E-state index < -0.39 is 0 Å². The lowest BCUT2D eigenvalue weighted by Crippen LogP contribution is -2.25. The Labute approximate surface area is 188 Å². The first-order chi connectivity index (χ1) is 15.6. The fourth-order valence-electron chi connectivity index (χ4n) is 3.22. The summed E-state index contributed by atoms with van der Waals surface area (Å²) in [7, 11) is 3.12. The van der Waals surface area contributed by atoms with Gasteiger partial charge < -0.3 is 14.8 Å². The van der Waals surface area contributed by atoms with Crippen molar-refractivity contribution in [1.29, 1.82) is 0 Å². The smallest absolute Gasteiger partial charge is 0.300 e. The highest BCUT2D eigenvalue weighted by molar-refractivity contribution is 7.99. The third-order valence-corrected chi connectivity index (χ3v) is 5.71. The Morgan fingerprint density at radius 2 is 1.84 bits per heavy atom. The van der Waals surface area contributed by atoms with Gasteiger partial charge in [-0.3, -0.25) is 18.6 Å². The van der Waals surface area contributed by atoms with E-state index in [-0.39, 0.29) is 22.9 Å². The molecule has 2 aromatic carbocycles. The molecule has 9 nitrogen and oxygen atoms in total. The molecule has 0 fully saturated rings. The van der Waals surface area contributed by atoms with E-state index in [4.69, 9.17) is 9.47 Å². The van der Waals surface area contributed by atoms with Crippen LogP contribution in [0.1, 0.15) is 5.56 Å². The zero-order valence-electron chi connectivity index (χ0n) is 17.5. The Bertz CT molecular complexity index is 1300. The first-order valence-electron chi connectivity index (χ1n) is 9.73. The molecule has 0 spiro atoms. The Morgan fingerprint density at radius 1 is 1.03 bits per heavy atom. The van der Waals surface area contributed by atoms with Crippen molar-refractivity contribution in [3.63, 3.8) is 0 Å². The third-order valence-electron chi connectivity index (χ3n) is 4.77. The van der Waals surface area contributed by atoms with E-state index in [1.165, 1.54) is 16.3 Å². The summed E-state index contributed by atoms with van der Waals surface area (Å²) < 4.78 is 13.8. The van der Waals surface area contributed by atoms with Gasteiger partial charge in [0.1, 0.15) is 0 Å². The third kappa shape index (κ3) is 4.30. The summed E-state index contributed by atoms with van der Waals surface area (Å²) >= 11 is 1.20. The Kier molecular flexibility index (Phi) is 6.41. The summed E-state index contributed by atoms with van der Waals surface area (Å²) in [5.74, 6) is 1.12. The molecule has 0 saturated carbocycles. The van der Waals surface area contributed by atoms with Crippen molar-refractivity contribution in [3.8, 4) is 17.2 Å². The number of fused-ring (bicyclic) bond motifs is 1. The summed E-state index contributed by atoms with van der Waals surface area (Å²) in [4.78, 5) is 25.2. The average Bonchev–Trinajstić information content (AvgIpc) is 3.25. The maximum atomic E-state index is 12.8. The quantitative estimate of drug-likeness (QED) is 0.410. The van der Waals surface area contributed by atoms with Crippen LogP contribution < -0.4 is 20.3 Å². The van der Waals surface area contributed by atoms with Crippen molar-refractivity contribution in [3.05, 3.63) is 76.8 Å². The number of carbonyl (C=O) groups excluding carboxylic acids is 1. The molecule has 4 rings (SSSR count). The number of methoxy groups -OCH3 is 2. The van der Waals surface area contributed by atoms with E-state index in [0.29, 0.717) is 23.2 Å². The number of nitrogens with zero attached hydrogens (tertiary/aromatic N) is 4. The number of para-hydroxylation sites is 2. The molecule has 0 radical (unpaired) electrons. The lowest BCUT2D eigenvalue weighted by molar-refractivity contribution is -0.118. The van der Waals surface area contributed by atoms with Gasteiger partial charge in [-0.2, -0.15) is 0 Å². The van der Waals surface area contributed by atoms with E-state index in [1.54, 1.807) is 37.1 Å². The summed E-state index contributed by atoms with van der Waals surface area (Å²) in [5, 5.41) is 11.4. The van der Waals surface area contributed by atoms with E-state index in [0.717, 1.165) is 11.3 Å². The summed E-state index contributed by atoms with van der Waals surface area (Å²) in [6.45, 7) is 0.294. The van der Waals surface area contributed by atoms with Gasteiger partial charge in [0.15, 0.2) is 16.7 Å². The number of thioether (sulfide) groups is 1. The zero-order valence-corrected chi connectivity index (χ0v) is 18.3. The maximum Gasteiger partial charge on any atom is 0.300 e. The molecule has 0 saturated heterocycles. The molecule has 1 N–H and O–H groups in total. The van der Waals surface area contributed by atoms with Crippen LogP contribution in [-0.4, -0.2) is 45.0 Å². The number of aromatic nitrogens is 4. The van der Waals surface area contributed by atoms with Crippen LogP contribution in [-0.2, 0) is 11.3 Å². The molecule has 10 heteroatoms. The fraction of sp³-hybridized carbons (Fsp3) is 0.182. The van der Waals surface area contributed by atoms with Crippen LogP contribution in [0.2, 0.25) is 0 Å². The van der Waals surface area contributed by atoms with Gasteiger partial charge in [-0.25, -0.2) is 0 Å². The predicted molar refractivity (Wildman–Crippen MR) is 121 cm³/mol. The van der Waals surface area contributed by atoms with Crippen molar-refractivity contribution < 1.29 is 14.3 Å². The monoisotopic (exact) mass is 451 g/mol. The molecule has 32 heavy (non-hydrogen) atoms. The number of hydrogen-bond acceptors (Lipinski definition) is 7. The van der Waals surface area contributed by atoms with Crippen molar-refractivity contribution in [2.45, 2.75) is 11.7 Å². The number of carbonyl (C=O) groups is 1. The summed E-state index contributed by atoms with van der Waals surface area (Å²) in [6, 6.07) is 14.8. The van der Waals surface area contributed by atoms with Crippen LogP contribution in [0.4, 0.5) is 0 Å². The normalized spacial score (nSPS) is 10.8. The molecule has 2 heterocycles. The Balaban J connectivity index is 1.43. The minimum atomic E-state index is -0.285. The molecular formula is C22H21N5O4S. The van der Waals surface area contributed by atoms with Crippen molar-refractivity contribution in [1.82, 2.24) is 24.5 Å². The molecule has 1 amide bonds. The van der Waals surface area contributed by atoms with E-state index in [9.17, 15) is 9.59 Å². The summed E-state index contributed by atoms with van der Waals surface area (Å²) in [5.41, 5.74) is 1.46. The second-order valence-corrected chi connectivity index (χ2v) is 7.65. The number of hydrogen-bond donors (Lipinski definition) is 1. The van der Waals surface area contributed by atoms with Crippen LogP contribution in [0.3, 0.4) is 0 Å². The van der Waals surface area contributed by atoms with Gasteiger partial charge in [-0.15, -0.1) is 10.2 Å². The van der Waals surface area contributed by atoms with Crippen molar-refractivity contribution in [2.24, 2.45) is 0 Å². The molecule has 4 aromatic rings. The number of benzene rings is 2. The average molecular weight is 452 g/mol. The molecule has 0 aliphatic heterocycles. The maximum absolute atomic E-state index is 12.8. The van der Waals surface area contributed by atoms with Gasteiger partial charge >= 0.3 is 5.56 Å². The largest absolute Gasteiger partial charge is 0.493 e. The van der Waals surface area contributed by atoms with Crippen LogP contribution in [0.25, 0.3) is 11.3 Å². The molecule has 0 unspecified atom stereocenters. The fourth-order valence-corrected chi connectivity index (χ4v) is 3.97. The molecule has 0 aliphatic rings. The zero-order chi connectivity index (χ0) is 22.5. The van der Waals surface area contributed by atoms with Crippen LogP contribution in [0, 0.1) is 0 Å². The molecule has 0 atom stereocenters. The molecular weight excluding hydrogens is 430 g/mol. The second-order valence-electron chi connectivity index (χ2n) is 6.70. The molecule has 0 bridgehead atoms. The number of amides is 1. The van der Waals surface area contributed by atoms with Gasteiger partial charge in [0.25, 0.3) is 0 Å². The van der Waals surface area contributed by atoms with Gasteiger partial charge in [-0.1, -0.05) is 42.1 Å². The van der Waals surface area contributed by atoms with Gasteiger partial charge in [0.2, 0.25) is 11.6 Å². The lowest BCUT2D eigenvalue weighted by atomic mass is 10.2. The topological polar surface area (TPSA) is 99.8 Å². The second kappa shape index (κ2) is 9.56. The number of nitrogens with one attached hydrogen (secondary N) is 1. The van der Waals surface area contributed by atoms with Gasteiger partial charge in [-0.05, 0) is 18.2 Å². The first kappa shape index (κ1) is 21.4. The van der Waals surface area contributed by atoms with E-state index in [1.807, 2.05) is 42.5 Å². The van der Waals surface area contributed by atoms with Crippen LogP contribution in [0.5, 0.6) is 11.5 Å². The highest BCUT2D eigenvalue weighted by Crippen LogP contribution is 2.30. The van der Waals surface area contributed by atoms with Crippen LogP contribution >= 0.6 is 11.8 Å². The Morgan fingerprint density at radius 3 is 2.59 bits per heavy atom. The minimum absolute atomic E-state index is 0.120. The van der Waals surface area contributed by atoms with E-state index in [2.05, 4.69) is 15.5 Å².